The van der Waals surface area contributed by atoms with E-state index in [1.807, 2.05) is 0 Å². The van der Waals surface area contributed by atoms with Gasteiger partial charge in [0.05, 0.1) is 29.6 Å². The average Bonchev–Trinajstić information content (AvgIpc) is 2.77. The number of nitrogens with one attached hydrogen (secondary N) is 1. The predicted molar refractivity (Wildman–Crippen MR) is 114 cm³/mol. The summed E-state index contributed by atoms with van der Waals surface area (Å²) in [5, 5.41) is 7.40. The lowest BCUT2D eigenvalue weighted by Crippen LogP contribution is -2.37. The molecule has 3 atom stereocenters. The average molecular weight is 466 g/mol. The number of halogens is 4. The van der Waals surface area contributed by atoms with Crippen molar-refractivity contribution in [3.8, 4) is 0 Å². The van der Waals surface area contributed by atoms with Crippen molar-refractivity contribution in [1.29, 1.82) is 0 Å². The van der Waals surface area contributed by atoms with E-state index in [2.05, 4.69) is 10.4 Å². The second kappa shape index (κ2) is 8.97. The van der Waals surface area contributed by atoms with Crippen LogP contribution in [0.15, 0.2) is 40.1 Å². The summed E-state index contributed by atoms with van der Waals surface area (Å²) in [6.07, 6.45) is -2.75. The number of anilines is 1. The minimum absolute atomic E-state index is 0.0156. The van der Waals surface area contributed by atoms with Crippen molar-refractivity contribution in [3.63, 3.8) is 0 Å². The monoisotopic (exact) mass is 466 g/mol. The zero-order valence-electron chi connectivity index (χ0n) is 17.9. The number of nitrogens with zero attached hydrogens (tertiary/aromatic N) is 3. The fourth-order valence-corrected chi connectivity index (χ4v) is 4.06. The highest BCUT2D eigenvalue weighted by molar-refractivity contribution is 5.90. The largest absolute Gasteiger partial charge is 0.378 e. The molecule has 33 heavy (non-hydrogen) atoms. The highest BCUT2D eigenvalue weighted by Gasteiger charge is 2.28. The Morgan fingerprint density at radius 3 is 2.64 bits per heavy atom. The Labute approximate surface area is 185 Å². The van der Waals surface area contributed by atoms with Crippen LogP contribution in [0.2, 0.25) is 0 Å². The van der Waals surface area contributed by atoms with Crippen LogP contribution < -0.4 is 16.4 Å². The van der Waals surface area contributed by atoms with Crippen molar-refractivity contribution >= 4 is 16.6 Å². The zero-order chi connectivity index (χ0) is 23.9. The first-order valence-electron chi connectivity index (χ1n) is 10.4. The number of rotatable bonds is 5. The summed E-state index contributed by atoms with van der Waals surface area (Å²) < 4.78 is 62.6. The van der Waals surface area contributed by atoms with Gasteiger partial charge < -0.3 is 14.6 Å². The maximum atomic E-state index is 14.6. The van der Waals surface area contributed by atoms with Gasteiger partial charge in [0.2, 0.25) is 0 Å². The van der Waals surface area contributed by atoms with E-state index in [1.54, 1.807) is 6.92 Å². The van der Waals surface area contributed by atoms with Gasteiger partial charge in [0.1, 0.15) is 12.0 Å². The van der Waals surface area contributed by atoms with Crippen LogP contribution in [-0.4, -0.2) is 33.7 Å². The van der Waals surface area contributed by atoms with Crippen LogP contribution in [0.3, 0.4) is 0 Å². The lowest BCUT2D eigenvalue weighted by Gasteiger charge is -2.28. The first-order chi connectivity index (χ1) is 15.7. The second-order valence-electron chi connectivity index (χ2n) is 7.99. The molecule has 3 heterocycles. The maximum Gasteiger partial charge on any atom is 0.274 e. The Morgan fingerprint density at radius 2 is 1.94 bits per heavy atom. The molecule has 1 aromatic carbocycles. The number of alkyl halides is 3. The van der Waals surface area contributed by atoms with E-state index in [0.717, 1.165) is 16.8 Å². The van der Waals surface area contributed by atoms with Gasteiger partial charge >= 0.3 is 0 Å². The zero-order valence-corrected chi connectivity index (χ0v) is 17.9. The number of aromatic nitrogens is 3. The van der Waals surface area contributed by atoms with Gasteiger partial charge in [0, 0.05) is 36.9 Å². The topological polar surface area (TPSA) is 78.2 Å². The molecule has 0 amide bonds. The van der Waals surface area contributed by atoms with Crippen molar-refractivity contribution in [2.24, 2.45) is 7.05 Å². The highest BCUT2D eigenvalue weighted by atomic mass is 19.3. The molecule has 0 saturated carbocycles. The van der Waals surface area contributed by atoms with Crippen molar-refractivity contribution in [2.75, 3.05) is 18.5 Å². The molecule has 1 aliphatic rings. The Morgan fingerprint density at radius 1 is 1.21 bits per heavy atom. The van der Waals surface area contributed by atoms with Gasteiger partial charge in [0.25, 0.3) is 17.5 Å². The first kappa shape index (κ1) is 23.0. The molecule has 1 N–H and O–H groups in total. The third-order valence-corrected chi connectivity index (χ3v) is 5.83. The molecule has 0 bridgehead atoms. The number of benzene rings is 1. The first-order valence-corrected chi connectivity index (χ1v) is 10.4. The summed E-state index contributed by atoms with van der Waals surface area (Å²) in [6, 6.07) is 3.24. The number of hydrogen-bond acceptors (Lipinski definition) is 5. The van der Waals surface area contributed by atoms with Crippen LogP contribution in [0.1, 0.15) is 43.0 Å². The highest BCUT2D eigenvalue weighted by Crippen LogP contribution is 2.30. The van der Waals surface area contributed by atoms with Gasteiger partial charge in [-0.15, -0.1) is 0 Å². The van der Waals surface area contributed by atoms with Crippen molar-refractivity contribution in [3.05, 3.63) is 68.1 Å². The van der Waals surface area contributed by atoms with Gasteiger partial charge in [0.15, 0.2) is 5.82 Å². The third kappa shape index (κ3) is 4.24. The SMILES string of the molecule is C[C@@H](Nc1nn(C)c(=O)c2cc(=O)n([C@@H]3CCOC[C@H]3F)cc12)c1cccc(C(F)F)c1F. The molecule has 0 aliphatic carbocycles. The van der Waals surface area contributed by atoms with Crippen LogP contribution >= 0.6 is 0 Å². The van der Waals surface area contributed by atoms with E-state index in [4.69, 9.17) is 4.74 Å². The number of ether oxygens (including phenoxy) is 1. The summed E-state index contributed by atoms with van der Waals surface area (Å²) in [4.78, 5) is 25.3. The Bertz CT molecular complexity index is 1310. The molecule has 0 radical (unpaired) electrons. The number of hydrogen-bond donors (Lipinski definition) is 1. The molecule has 4 rings (SSSR count). The molecule has 7 nitrogen and oxygen atoms in total. The Balaban J connectivity index is 1.81. The van der Waals surface area contributed by atoms with E-state index in [-0.39, 0.29) is 41.8 Å². The lowest BCUT2D eigenvalue weighted by molar-refractivity contribution is 0.00247. The standard InChI is InChI=1S/C22H22F4N4O3/c1-11(12-4-3-5-13(19(12)24)20(25)26)27-21-15-9-30(17-6-7-33-10-16(17)23)18(31)8-14(15)22(32)29(2)28-21/h3-5,8-9,11,16-17,20H,6-7,10H2,1-2H3,(H,27,28)/t11-,16-,17-/m1/s1. The fraction of sp³-hybridized carbons (Fsp3) is 0.409. The van der Waals surface area contributed by atoms with Crippen molar-refractivity contribution in [1.82, 2.24) is 14.3 Å². The van der Waals surface area contributed by atoms with E-state index in [9.17, 15) is 27.2 Å². The van der Waals surface area contributed by atoms with Crippen LogP contribution in [0, 0.1) is 5.82 Å². The van der Waals surface area contributed by atoms with E-state index in [0.29, 0.717) is 0 Å². The molecular weight excluding hydrogens is 444 g/mol. The van der Waals surface area contributed by atoms with Gasteiger partial charge in [-0.05, 0) is 13.3 Å². The molecule has 0 unspecified atom stereocenters. The molecule has 0 spiro atoms. The fourth-order valence-electron chi connectivity index (χ4n) is 4.06. The van der Waals surface area contributed by atoms with Crippen LogP contribution in [0.4, 0.5) is 23.4 Å². The van der Waals surface area contributed by atoms with Gasteiger partial charge in [-0.3, -0.25) is 9.59 Å². The Kier molecular flexibility index (Phi) is 6.24. The summed E-state index contributed by atoms with van der Waals surface area (Å²) in [6.45, 7) is 1.69. The quantitative estimate of drug-likeness (QED) is 0.581. The number of fused-ring (bicyclic) bond motifs is 1. The molecule has 11 heteroatoms. The minimum atomic E-state index is -2.98. The summed E-state index contributed by atoms with van der Waals surface area (Å²) in [7, 11) is 1.39. The summed E-state index contributed by atoms with van der Waals surface area (Å²) in [5.74, 6) is -0.918. The van der Waals surface area contributed by atoms with Crippen LogP contribution in [-0.2, 0) is 11.8 Å². The summed E-state index contributed by atoms with van der Waals surface area (Å²) in [5.41, 5.74) is -1.82. The number of pyridine rings is 1. The molecule has 2 aromatic heterocycles. The van der Waals surface area contributed by atoms with Crippen LogP contribution in [0.25, 0.3) is 10.8 Å². The molecule has 1 saturated heterocycles. The predicted octanol–water partition coefficient (Wildman–Crippen LogP) is 3.64. The number of aryl methyl sites for hydroxylation is 1. The third-order valence-electron chi connectivity index (χ3n) is 5.83. The van der Waals surface area contributed by atoms with Gasteiger partial charge in [-0.2, -0.15) is 5.10 Å². The molecule has 1 fully saturated rings. The Hall–Kier alpha value is -3.21. The maximum absolute atomic E-state index is 14.6. The van der Waals surface area contributed by atoms with E-state index in [1.165, 1.54) is 29.9 Å². The van der Waals surface area contributed by atoms with Crippen LogP contribution in [0.5, 0.6) is 0 Å². The summed E-state index contributed by atoms with van der Waals surface area (Å²) >= 11 is 0. The van der Waals surface area contributed by atoms with E-state index < -0.39 is 47.2 Å². The lowest BCUT2D eigenvalue weighted by atomic mass is 10.0. The second-order valence-corrected chi connectivity index (χ2v) is 7.99. The van der Waals surface area contributed by atoms with E-state index >= 15 is 0 Å². The molecule has 3 aromatic rings. The van der Waals surface area contributed by atoms with Gasteiger partial charge in [-0.1, -0.05) is 18.2 Å². The molecule has 1 aliphatic heterocycles. The normalized spacial score (nSPS) is 19.7. The minimum Gasteiger partial charge on any atom is -0.378 e. The smallest absolute Gasteiger partial charge is 0.274 e. The van der Waals surface area contributed by atoms with Crippen molar-refractivity contribution in [2.45, 2.75) is 38.0 Å². The molecular formula is C22H22F4N4O3. The van der Waals surface area contributed by atoms with Crippen molar-refractivity contribution < 1.29 is 22.3 Å². The molecule has 176 valence electrons. The van der Waals surface area contributed by atoms with Gasteiger partial charge in [-0.25, -0.2) is 22.2 Å².